The lowest BCUT2D eigenvalue weighted by Gasteiger charge is -2.40. The quantitative estimate of drug-likeness (QED) is 0.0154. The van der Waals surface area contributed by atoms with Crippen molar-refractivity contribution < 1.29 is 93.5 Å². The Morgan fingerprint density at radius 3 is 0.990 bits per heavy atom. The minimum absolute atomic E-state index is 0.00785. The zero-order valence-electron chi connectivity index (χ0n) is 57.0. The lowest BCUT2D eigenvalue weighted by molar-refractivity contribution is -0.275. The molecule has 3 saturated heterocycles. The van der Waals surface area contributed by atoms with Crippen LogP contribution in [0.5, 0.6) is 40.2 Å². The van der Waals surface area contributed by atoms with Crippen LogP contribution in [0.2, 0.25) is 0 Å². The van der Waals surface area contributed by atoms with Gasteiger partial charge in [0.05, 0.1) is 96.0 Å². The van der Waals surface area contributed by atoms with Gasteiger partial charge in [-0.25, -0.2) is 18.8 Å². The molecule has 6 aromatic carbocycles. The third kappa shape index (κ3) is 22.2. The molecule has 3 fully saturated rings. The minimum atomic E-state index is -5.03. The Hall–Kier alpha value is -7.59. The van der Waals surface area contributed by atoms with E-state index in [1.54, 1.807) is 36.4 Å². The summed E-state index contributed by atoms with van der Waals surface area (Å²) in [5.41, 5.74) is 6.01. The Balaban J connectivity index is 0.000000265. The number of carbonyl (C=O) groups is 3. The van der Waals surface area contributed by atoms with Crippen LogP contribution in [0.1, 0.15) is 172 Å². The van der Waals surface area contributed by atoms with E-state index in [4.69, 9.17) is 56.8 Å². The summed E-state index contributed by atoms with van der Waals surface area (Å²) in [4.78, 5) is 38.5. The molecule has 0 radical (unpaired) electrons. The molecule has 0 spiro atoms. The van der Waals surface area contributed by atoms with E-state index in [2.05, 4.69) is 32.4 Å². The molecule has 20 heteroatoms. The standard InChI is InChI=1S/C52H64O10.C26H30F4O6/c1-4-51(34-57-35-51)32-55-26-10-6-8-12-28-59-41-18-14-39(15-19-41)49(53)61-43-22-24-45-46-25-23-44(31-48(46)38(3)47(45)30-43)62-50(54)40-16-20-42(21-17-40)60-29-13-9-7-11-27-56-33-52(5-2)36-58-37-52;1-2-25(17-33-18-25)16-32-13-5-3-4-6-14-34-20-9-7-19(8-10-20)24(31)35-21-11-12-23(22(27)15-21)36-26(28,29)30/h14-25,30-31,38H,4-13,26-29,32-37H2,1-3H3;7-12,15H,2-6,13-14,16-18H2,1H3. The first-order valence-corrected chi connectivity index (χ1v) is 34.6. The van der Waals surface area contributed by atoms with E-state index < -0.39 is 35.8 Å². The Morgan fingerprint density at radius 2 is 0.704 bits per heavy atom. The maximum Gasteiger partial charge on any atom is 0.573 e. The first kappa shape index (κ1) is 74.6. The van der Waals surface area contributed by atoms with Gasteiger partial charge in [0.25, 0.3) is 0 Å². The summed E-state index contributed by atoms with van der Waals surface area (Å²) in [7, 11) is 0. The second-order valence-corrected chi connectivity index (χ2v) is 26.1. The molecule has 10 rings (SSSR count). The Bertz CT molecular complexity index is 3290. The van der Waals surface area contributed by atoms with Crippen molar-refractivity contribution in [2.24, 2.45) is 16.2 Å². The summed E-state index contributed by atoms with van der Waals surface area (Å²) in [5, 5.41) is 0. The van der Waals surface area contributed by atoms with Crippen LogP contribution in [0.15, 0.2) is 127 Å². The smallest absolute Gasteiger partial charge is 0.494 e. The van der Waals surface area contributed by atoms with E-state index in [1.165, 1.54) is 12.1 Å². The van der Waals surface area contributed by atoms with Gasteiger partial charge in [-0.3, -0.25) is 0 Å². The van der Waals surface area contributed by atoms with Gasteiger partial charge in [0.15, 0.2) is 11.6 Å². The zero-order chi connectivity index (χ0) is 69.2. The van der Waals surface area contributed by atoms with Gasteiger partial charge in [-0.2, -0.15) is 0 Å². The molecule has 1 aliphatic carbocycles. The maximum atomic E-state index is 13.8. The Kier molecular flexibility index (Phi) is 28.2. The molecule has 4 aliphatic rings. The molecule has 16 nitrogen and oxygen atoms in total. The Labute approximate surface area is 573 Å². The van der Waals surface area contributed by atoms with E-state index in [0.29, 0.717) is 54.3 Å². The number of esters is 3. The zero-order valence-corrected chi connectivity index (χ0v) is 57.0. The third-order valence-corrected chi connectivity index (χ3v) is 18.6. The Morgan fingerprint density at radius 1 is 0.408 bits per heavy atom. The summed E-state index contributed by atoms with van der Waals surface area (Å²) >= 11 is 0. The second-order valence-electron chi connectivity index (χ2n) is 26.1. The molecular formula is C78H94F4O16. The van der Waals surface area contributed by atoms with Gasteiger partial charge in [0.2, 0.25) is 0 Å². The van der Waals surface area contributed by atoms with Gasteiger partial charge in [-0.15, -0.1) is 13.2 Å². The predicted octanol–water partition coefficient (Wildman–Crippen LogP) is 17.3. The van der Waals surface area contributed by atoms with Crippen LogP contribution in [0, 0.1) is 22.1 Å². The molecule has 530 valence electrons. The van der Waals surface area contributed by atoms with E-state index in [1.807, 2.05) is 60.7 Å². The van der Waals surface area contributed by atoms with Crippen molar-refractivity contribution in [3.8, 4) is 51.4 Å². The average molecular weight is 1360 g/mol. The number of benzene rings is 6. The molecule has 0 atom stereocenters. The normalized spacial score (nSPS) is 15.4. The van der Waals surface area contributed by atoms with Crippen molar-refractivity contribution in [3.05, 3.63) is 161 Å². The number of hydrogen-bond acceptors (Lipinski definition) is 16. The van der Waals surface area contributed by atoms with E-state index in [9.17, 15) is 31.9 Å². The van der Waals surface area contributed by atoms with Crippen LogP contribution in [-0.4, -0.2) is 123 Å². The van der Waals surface area contributed by atoms with Gasteiger partial charge in [-0.05, 0) is 208 Å². The topological polar surface area (TPSA) is 171 Å². The third-order valence-electron chi connectivity index (χ3n) is 18.6. The molecule has 0 bridgehead atoms. The minimum Gasteiger partial charge on any atom is -0.494 e. The van der Waals surface area contributed by atoms with Crippen molar-refractivity contribution in [2.75, 3.05) is 99.1 Å². The second kappa shape index (κ2) is 37.0. The van der Waals surface area contributed by atoms with E-state index >= 15 is 0 Å². The van der Waals surface area contributed by atoms with Crippen LogP contribution in [0.3, 0.4) is 0 Å². The van der Waals surface area contributed by atoms with Gasteiger partial charge in [0.1, 0.15) is 34.5 Å². The first-order valence-electron chi connectivity index (χ1n) is 34.6. The SMILES string of the molecule is CCC1(COCCCCCCOc2ccc(C(=O)Oc3ccc(OC(F)(F)F)c(F)c3)cc2)COC1.CCC1(COCCCCCCOc2ccc(C(=O)Oc3ccc4c(c3)C(C)c3cc(OC(=O)c5ccc(OCCCCCCOCC6(CC)COC6)cc5)ccc3-4)cc2)COC1. The van der Waals surface area contributed by atoms with Crippen molar-refractivity contribution >= 4 is 17.9 Å². The van der Waals surface area contributed by atoms with Crippen molar-refractivity contribution in [1.82, 2.24) is 0 Å². The lowest BCUT2D eigenvalue weighted by atomic mass is 9.84. The highest BCUT2D eigenvalue weighted by Crippen LogP contribution is 2.47. The molecular weight excluding hydrogens is 1270 g/mol. The van der Waals surface area contributed by atoms with Gasteiger partial charge in [-0.1, -0.05) is 59.1 Å². The number of ether oxygens (including phenoxy) is 13. The summed E-state index contributed by atoms with van der Waals surface area (Å²) in [6.07, 6.45) is 10.6. The predicted molar refractivity (Wildman–Crippen MR) is 362 cm³/mol. The molecule has 0 amide bonds. The number of unbranched alkanes of at least 4 members (excludes halogenated alkanes) is 9. The average Bonchev–Trinajstić information content (AvgIpc) is 1.61. The fourth-order valence-electron chi connectivity index (χ4n) is 11.7. The largest absolute Gasteiger partial charge is 0.573 e. The number of fused-ring (bicyclic) bond motifs is 3. The van der Waals surface area contributed by atoms with Crippen molar-refractivity contribution in [2.45, 2.75) is 136 Å². The molecule has 0 aromatic heterocycles. The number of alkyl halides is 3. The van der Waals surface area contributed by atoms with Crippen LogP contribution in [-0.2, 0) is 28.4 Å². The summed E-state index contributed by atoms with van der Waals surface area (Å²) in [6, 6.07) is 34.2. The molecule has 0 unspecified atom stereocenters. The van der Waals surface area contributed by atoms with E-state index in [0.717, 1.165) is 221 Å². The number of carbonyl (C=O) groups excluding carboxylic acids is 3. The summed E-state index contributed by atoms with van der Waals surface area (Å²) in [6.45, 7) is 20.0. The van der Waals surface area contributed by atoms with E-state index in [-0.39, 0.29) is 33.5 Å². The molecule has 3 aliphatic heterocycles. The fourth-order valence-corrected chi connectivity index (χ4v) is 11.7. The van der Waals surface area contributed by atoms with Crippen LogP contribution >= 0.6 is 0 Å². The van der Waals surface area contributed by atoms with Crippen LogP contribution < -0.4 is 33.2 Å². The summed E-state index contributed by atoms with van der Waals surface area (Å²) in [5.74, 6) is -1.23. The number of rotatable bonds is 40. The van der Waals surface area contributed by atoms with Crippen LogP contribution in [0.25, 0.3) is 11.1 Å². The van der Waals surface area contributed by atoms with Gasteiger partial charge in [0, 0.05) is 48.0 Å². The molecule has 0 saturated carbocycles. The first-order chi connectivity index (χ1) is 47.5. The molecule has 98 heavy (non-hydrogen) atoms. The highest BCUT2D eigenvalue weighted by molar-refractivity contribution is 5.93. The molecule has 6 aromatic rings. The number of halogens is 4. The maximum absolute atomic E-state index is 13.8. The summed E-state index contributed by atoms with van der Waals surface area (Å²) < 4.78 is 122. The highest BCUT2D eigenvalue weighted by atomic mass is 19.4. The molecule has 0 N–H and O–H groups in total. The lowest BCUT2D eigenvalue weighted by Crippen LogP contribution is -2.45. The number of hydrogen-bond donors (Lipinski definition) is 0. The van der Waals surface area contributed by atoms with Crippen LogP contribution in [0.4, 0.5) is 17.6 Å². The van der Waals surface area contributed by atoms with Gasteiger partial charge >= 0.3 is 24.3 Å². The van der Waals surface area contributed by atoms with Crippen molar-refractivity contribution in [3.63, 3.8) is 0 Å². The fraction of sp³-hybridized carbons (Fsp3) is 0.500. The van der Waals surface area contributed by atoms with Gasteiger partial charge < -0.3 is 61.6 Å². The molecule has 3 heterocycles. The highest BCUT2D eigenvalue weighted by Gasteiger charge is 2.39. The van der Waals surface area contributed by atoms with Crippen molar-refractivity contribution in [1.29, 1.82) is 0 Å². The monoisotopic (exact) mass is 1360 g/mol.